The minimum Gasteiger partial charge on any atom is -0.336 e. The Morgan fingerprint density at radius 2 is 2.04 bits per heavy atom. The normalized spacial score (nSPS) is 17.5. The van der Waals surface area contributed by atoms with Crippen LogP contribution in [0.5, 0.6) is 0 Å². The lowest BCUT2D eigenvalue weighted by molar-refractivity contribution is -0.120. The highest BCUT2D eigenvalue weighted by Crippen LogP contribution is 2.33. The second-order valence-electron chi connectivity index (χ2n) is 5.96. The summed E-state index contributed by atoms with van der Waals surface area (Å²) < 4.78 is 28.1. The van der Waals surface area contributed by atoms with E-state index in [1.54, 1.807) is 6.92 Å². The second kappa shape index (κ2) is 7.33. The summed E-state index contributed by atoms with van der Waals surface area (Å²) in [6, 6.07) is 1.15. The zero-order chi connectivity index (χ0) is 18.8. The van der Waals surface area contributed by atoms with E-state index in [2.05, 4.69) is 20.6 Å². The molecule has 2 aromatic rings. The van der Waals surface area contributed by atoms with Crippen molar-refractivity contribution in [1.29, 1.82) is 0 Å². The van der Waals surface area contributed by atoms with E-state index in [0.29, 0.717) is 11.4 Å². The molecule has 3 rings (SSSR count). The number of carbonyl (C=O) groups excluding carboxylic acids is 2. The molecule has 6 nitrogen and oxygen atoms in total. The molecule has 0 spiro atoms. The molecular formula is C17H15ClF2N4O2. The molecule has 1 aromatic heterocycles. The number of Topliss-reactive ketones (excluding diaryl/α,β-unsaturated/α-hetero) is 1. The molecule has 1 unspecified atom stereocenters. The van der Waals surface area contributed by atoms with Gasteiger partial charge in [-0.05, 0) is 24.1 Å². The van der Waals surface area contributed by atoms with Crippen LogP contribution in [-0.4, -0.2) is 34.4 Å². The molecule has 2 N–H and O–H groups in total. The van der Waals surface area contributed by atoms with Crippen molar-refractivity contribution in [2.75, 3.05) is 6.54 Å². The minimum absolute atomic E-state index is 0.0643. The Bertz CT molecular complexity index is 861. The highest BCUT2D eigenvalue weighted by atomic mass is 35.5. The summed E-state index contributed by atoms with van der Waals surface area (Å²) >= 11 is 5.69. The van der Waals surface area contributed by atoms with Crippen molar-refractivity contribution in [2.45, 2.75) is 25.3 Å². The molecule has 9 heteroatoms. The summed E-state index contributed by atoms with van der Waals surface area (Å²) in [4.78, 5) is 32.0. The molecule has 136 valence electrons. The van der Waals surface area contributed by atoms with Gasteiger partial charge in [0, 0.05) is 31.3 Å². The van der Waals surface area contributed by atoms with Crippen LogP contribution in [0.25, 0.3) is 0 Å². The predicted octanol–water partition coefficient (Wildman–Crippen LogP) is 2.49. The highest BCUT2D eigenvalue weighted by molar-refractivity contribution is 6.31. The number of nitrogens with zero attached hydrogens (tertiary/aromatic N) is 2. The fraction of sp³-hybridized carbons (Fsp3) is 0.294. The largest absolute Gasteiger partial charge is 0.336 e. The lowest BCUT2D eigenvalue weighted by Crippen LogP contribution is -2.35. The number of rotatable bonds is 5. The average molecular weight is 381 g/mol. The molecule has 1 aromatic carbocycles. The standard InChI is InChI=1S/C17H15ClF2N4O2/c1-8-21-5-9(6-22-8)11(4-14(25)13-7-23-17(26)24-13)10-2-3-12(19)15(18)16(10)20/h2-3,5-6,11,13H,4,7H2,1H3,(H2,23,24,26)/t11?,13-/m0/s1. The smallest absolute Gasteiger partial charge is 0.315 e. The first-order chi connectivity index (χ1) is 12.4. The van der Waals surface area contributed by atoms with Crippen LogP contribution in [-0.2, 0) is 4.79 Å². The van der Waals surface area contributed by atoms with Gasteiger partial charge in [0.2, 0.25) is 0 Å². The van der Waals surface area contributed by atoms with Gasteiger partial charge in [-0.15, -0.1) is 0 Å². The van der Waals surface area contributed by atoms with Gasteiger partial charge < -0.3 is 10.6 Å². The number of ketones is 1. The number of aromatic nitrogens is 2. The molecule has 1 aliphatic heterocycles. The first kappa shape index (κ1) is 18.2. The molecule has 1 aliphatic rings. The fourth-order valence-corrected chi connectivity index (χ4v) is 2.96. The Morgan fingerprint density at radius 3 is 2.65 bits per heavy atom. The van der Waals surface area contributed by atoms with Crippen LogP contribution in [0.2, 0.25) is 5.02 Å². The zero-order valence-electron chi connectivity index (χ0n) is 13.7. The predicted molar refractivity (Wildman–Crippen MR) is 89.9 cm³/mol. The summed E-state index contributed by atoms with van der Waals surface area (Å²) in [6.45, 7) is 1.85. The van der Waals surface area contributed by atoms with Crippen molar-refractivity contribution >= 4 is 23.4 Å². The Balaban J connectivity index is 1.97. The quantitative estimate of drug-likeness (QED) is 0.780. The van der Waals surface area contributed by atoms with E-state index in [4.69, 9.17) is 11.6 Å². The number of hydrogen-bond acceptors (Lipinski definition) is 4. The van der Waals surface area contributed by atoms with Gasteiger partial charge in [-0.1, -0.05) is 17.7 Å². The van der Waals surface area contributed by atoms with Crippen LogP contribution in [0.1, 0.15) is 29.3 Å². The van der Waals surface area contributed by atoms with Crippen LogP contribution >= 0.6 is 11.6 Å². The molecule has 0 saturated carbocycles. The number of carbonyl (C=O) groups is 2. The summed E-state index contributed by atoms with van der Waals surface area (Å²) in [6.07, 6.45) is 2.85. The van der Waals surface area contributed by atoms with Crippen LogP contribution in [0.3, 0.4) is 0 Å². The number of benzene rings is 1. The Morgan fingerprint density at radius 1 is 1.35 bits per heavy atom. The Labute approximate surface area is 153 Å². The Hall–Kier alpha value is -2.61. The van der Waals surface area contributed by atoms with Gasteiger partial charge in [0.1, 0.15) is 28.5 Å². The fourth-order valence-electron chi connectivity index (χ4n) is 2.79. The van der Waals surface area contributed by atoms with Gasteiger partial charge in [-0.25, -0.2) is 23.5 Å². The summed E-state index contributed by atoms with van der Waals surface area (Å²) in [5.74, 6) is -2.36. The maximum atomic E-state index is 14.6. The number of aryl methyl sites for hydroxylation is 1. The molecule has 0 aliphatic carbocycles. The molecule has 1 saturated heterocycles. The van der Waals surface area contributed by atoms with E-state index >= 15 is 0 Å². The monoisotopic (exact) mass is 380 g/mol. The third-order valence-electron chi connectivity index (χ3n) is 4.21. The van der Waals surface area contributed by atoms with Crippen LogP contribution in [0, 0.1) is 18.6 Å². The maximum Gasteiger partial charge on any atom is 0.315 e. The number of hydrogen-bond donors (Lipinski definition) is 2. The van der Waals surface area contributed by atoms with E-state index in [-0.39, 0.29) is 24.3 Å². The van der Waals surface area contributed by atoms with Crippen LogP contribution < -0.4 is 10.6 Å². The van der Waals surface area contributed by atoms with Crippen molar-refractivity contribution in [3.63, 3.8) is 0 Å². The number of nitrogens with one attached hydrogen (secondary N) is 2. The Kier molecular flexibility index (Phi) is 5.13. The third kappa shape index (κ3) is 3.65. The van der Waals surface area contributed by atoms with Crippen molar-refractivity contribution in [1.82, 2.24) is 20.6 Å². The van der Waals surface area contributed by atoms with Gasteiger partial charge in [0.15, 0.2) is 5.78 Å². The molecular weight excluding hydrogens is 366 g/mol. The lowest BCUT2D eigenvalue weighted by Gasteiger charge is -2.20. The molecule has 0 bridgehead atoms. The van der Waals surface area contributed by atoms with Crippen molar-refractivity contribution < 1.29 is 18.4 Å². The first-order valence-electron chi connectivity index (χ1n) is 7.86. The summed E-state index contributed by atoms with van der Waals surface area (Å²) in [5.41, 5.74) is 0.553. The second-order valence-corrected chi connectivity index (χ2v) is 6.34. The minimum atomic E-state index is -0.932. The van der Waals surface area contributed by atoms with Crippen LogP contribution in [0.15, 0.2) is 24.5 Å². The molecule has 26 heavy (non-hydrogen) atoms. The van der Waals surface area contributed by atoms with Crippen molar-refractivity contribution in [3.8, 4) is 0 Å². The van der Waals surface area contributed by atoms with Gasteiger partial charge in [0.05, 0.1) is 0 Å². The molecule has 0 radical (unpaired) electrons. The lowest BCUT2D eigenvalue weighted by atomic mass is 9.86. The van der Waals surface area contributed by atoms with E-state index in [9.17, 15) is 18.4 Å². The highest BCUT2D eigenvalue weighted by Gasteiger charge is 2.31. The van der Waals surface area contributed by atoms with E-state index in [1.807, 2.05) is 0 Å². The van der Waals surface area contributed by atoms with Crippen LogP contribution in [0.4, 0.5) is 13.6 Å². The van der Waals surface area contributed by atoms with Gasteiger partial charge >= 0.3 is 6.03 Å². The first-order valence-corrected chi connectivity index (χ1v) is 8.23. The molecule has 1 fully saturated rings. The molecule has 2 heterocycles. The van der Waals surface area contributed by atoms with Crippen molar-refractivity contribution in [2.24, 2.45) is 0 Å². The third-order valence-corrected chi connectivity index (χ3v) is 4.56. The average Bonchev–Trinajstić information content (AvgIpc) is 3.06. The van der Waals surface area contributed by atoms with E-state index < -0.39 is 34.6 Å². The topological polar surface area (TPSA) is 84.0 Å². The molecule has 2 amide bonds. The molecule has 2 atom stereocenters. The number of urea groups is 1. The van der Waals surface area contributed by atoms with Gasteiger partial charge in [0.25, 0.3) is 0 Å². The number of amides is 2. The van der Waals surface area contributed by atoms with E-state index in [1.165, 1.54) is 18.5 Å². The maximum absolute atomic E-state index is 14.6. The van der Waals surface area contributed by atoms with Gasteiger partial charge in [-0.3, -0.25) is 4.79 Å². The van der Waals surface area contributed by atoms with E-state index in [0.717, 1.165) is 6.07 Å². The number of halogens is 3. The van der Waals surface area contributed by atoms with Gasteiger partial charge in [-0.2, -0.15) is 0 Å². The summed E-state index contributed by atoms with van der Waals surface area (Å²) in [5, 5.41) is 4.36. The van der Waals surface area contributed by atoms with Crippen molar-refractivity contribution in [3.05, 3.63) is 58.1 Å². The zero-order valence-corrected chi connectivity index (χ0v) is 14.5. The SMILES string of the molecule is Cc1ncc(C(CC(=O)[C@@H]2CNC(=O)N2)c2ccc(F)c(Cl)c2F)cn1. The summed E-state index contributed by atoms with van der Waals surface area (Å²) in [7, 11) is 0.